The van der Waals surface area contributed by atoms with Crippen LogP contribution in [0.4, 0.5) is 0 Å². The summed E-state index contributed by atoms with van der Waals surface area (Å²) in [6.07, 6.45) is 46.3. The van der Waals surface area contributed by atoms with Gasteiger partial charge in [-0.1, -0.05) is 147 Å². The molecule has 0 aromatic heterocycles. The van der Waals surface area contributed by atoms with E-state index in [1.807, 2.05) is 0 Å². The average molecular weight is 731 g/mol. The van der Waals surface area contributed by atoms with Gasteiger partial charge in [-0.15, -0.1) is 0 Å². The molecule has 0 aliphatic heterocycles. The third-order valence-corrected chi connectivity index (χ3v) is 9.66. The monoisotopic (exact) mass is 731 g/mol. The molecule has 302 valence electrons. The van der Waals surface area contributed by atoms with E-state index >= 15 is 0 Å². The minimum atomic E-state index is -1.00. The van der Waals surface area contributed by atoms with Gasteiger partial charge in [-0.3, -0.25) is 9.59 Å². The summed E-state index contributed by atoms with van der Waals surface area (Å²) < 4.78 is 5.95. The van der Waals surface area contributed by atoms with Crippen LogP contribution in [-0.4, -0.2) is 41.6 Å². The zero-order valence-electron chi connectivity index (χ0n) is 33.9. The van der Waals surface area contributed by atoms with Crippen LogP contribution in [0.1, 0.15) is 213 Å². The molecule has 0 radical (unpaired) electrons. The van der Waals surface area contributed by atoms with Crippen molar-refractivity contribution in [3.63, 3.8) is 0 Å². The molecule has 52 heavy (non-hydrogen) atoms. The second kappa shape index (κ2) is 39.8. The number of unbranched alkanes of at least 4 members (excludes halogenated alkanes) is 21. The Balaban J connectivity index is 4.23. The van der Waals surface area contributed by atoms with E-state index in [1.54, 1.807) is 0 Å². The number of ether oxygens (including phenoxy) is 1. The SMILES string of the molecule is CCCCC/C=C\C/C=C\CCCCCCCCCC(=O)OC(/C=C\CCCCCCCC)CCCCCCCCC(=O)NC(CCCN)C(=O)O. The van der Waals surface area contributed by atoms with Crippen molar-refractivity contribution in [1.82, 2.24) is 5.32 Å². The summed E-state index contributed by atoms with van der Waals surface area (Å²) in [6, 6.07) is -0.853. The number of amides is 1. The fourth-order valence-corrected chi connectivity index (χ4v) is 6.33. The van der Waals surface area contributed by atoms with Gasteiger partial charge in [0.05, 0.1) is 0 Å². The molecule has 0 aliphatic rings. The lowest BCUT2D eigenvalue weighted by molar-refractivity contribution is -0.147. The third-order valence-electron chi connectivity index (χ3n) is 9.66. The van der Waals surface area contributed by atoms with E-state index < -0.39 is 12.0 Å². The second-order valence-electron chi connectivity index (χ2n) is 14.7. The molecule has 0 fully saturated rings. The Hall–Kier alpha value is -2.41. The highest BCUT2D eigenvalue weighted by molar-refractivity contribution is 5.83. The number of carboxylic acid groups (broad SMARTS) is 1. The average Bonchev–Trinajstić information content (AvgIpc) is 3.13. The number of hydrogen-bond donors (Lipinski definition) is 3. The van der Waals surface area contributed by atoms with Crippen molar-refractivity contribution in [2.24, 2.45) is 5.73 Å². The first-order valence-corrected chi connectivity index (χ1v) is 21.8. The molecule has 4 N–H and O–H groups in total. The van der Waals surface area contributed by atoms with Crippen LogP contribution in [-0.2, 0) is 19.1 Å². The van der Waals surface area contributed by atoms with Crippen LogP contribution < -0.4 is 11.1 Å². The maximum absolute atomic E-state index is 12.7. The van der Waals surface area contributed by atoms with Gasteiger partial charge in [0.2, 0.25) is 5.91 Å². The number of esters is 1. The Morgan fingerprint density at radius 1 is 0.577 bits per heavy atom. The molecule has 0 heterocycles. The normalized spacial score (nSPS) is 13.0. The van der Waals surface area contributed by atoms with Crippen LogP contribution in [0, 0.1) is 0 Å². The minimum Gasteiger partial charge on any atom is -0.480 e. The first kappa shape index (κ1) is 49.6. The van der Waals surface area contributed by atoms with Crippen molar-refractivity contribution in [2.75, 3.05) is 6.54 Å². The fraction of sp³-hybridized carbons (Fsp3) is 0.800. The Morgan fingerprint density at radius 2 is 1.06 bits per heavy atom. The lowest BCUT2D eigenvalue weighted by Crippen LogP contribution is -2.40. The number of aliphatic carboxylic acids is 1. The number of rotatable bonds is 39. The smallest absolute Gasteiger partial charge is 0.326 e. The van der Waals surface area contributed by atoms with E-state index in [0.717, 1.165) is 70.6 Å². The largest absolute Gasteiger partial charge is 0.480 e. The van der Waals surface area contributed by atoms with E-state index in [1.165, 1.54) is 103 Å². The number of allylic oxidation sites excluding steroid dienone is 5. The van der Waals surface area contributed by atoms with Gasteiger partial charge < -0.3 is 20.9 Å². The summed E-state index contributed by atoms with van der Waals surface area (Å²) in [5.41, 5.74) is 5.47. The van der Waals surface area contributed by atoms with Gasteiger partial charge in [-0.2, -0.15) is 0 Å². The minimum absolute atomic E-state index is 0.0664. The van der Waals surface area contributed by atoms with Gasteiger partial charge >= 0.3 is 11.9 Å². The quantitative estimate of drug-likeness (QED) is 0.0329. The van der Waals surface area contributed by atoms with Gasteiger partial charge in [0.1, 0.15) is 12.1 Å². The van der Waals surface area contributed by atoms with Crippen molar-refractivity contribution in [3.05, 3.63) is 36.5 Å². The van der Waals surface area contributed by atoms with E-state index in [0.29, 0.717) is 32.2 Å². The highest BCUT2D eigenvalue weighted by atomic mass is 16.5. The molecule has 0 saturated carbocycles. The maximum atomic E-state index is 12.7. The van der Waals surface area contributed by atoms with Crippen LogP contribution in [0.5, 0.6) is 0 Å². The molecule has 0 aliphatic carbocycles. The molecule has 0 rings (SSSR count). The summed E-state index contributed by atoms with van der Waals surface area (Å²) in [4.78, 5) is 36.2. The summed E-state index contributed by atoms with van der Waals surface area (Å²) in [5, 5.41) is 11.9. The van der Waals surface area contributed by atoms with E-state index in [4.69, 9.17) is 10.5 Å². The Kier molecular flexibility index (Phi) is 37.9. The highest BCUT2D eigenvalue weighted by Crippen LogP contribution is 2.16. The fourth-order valence-electron chi connectivity index (χ4n) is 6.33. The van der Waals surface area contributed by atoms with Gasteiger partial charge in [0, 0.05) is 12.8 Å². The first-order chi connectivity index (χ1) is 25.4. The van der Waals surface area contributed by atoms with Gasteiger partial charge in [0.15, 0.2) is 0 Å². The number of carbonyl (C=O) groups excluding carboxylic acids is 2. The summed E-state index contributed by atoms with van der Waals surface area (Å²) in [5.74, 6) is -1.27. The lowest BCUT2D eigenvalue weighted by atomic mass is 10.0. The summed E-state index contributed by atoms with van der Waals surface area (Å²) >= 11 is 0. The van der Waals surface area contributed by atoms with E-state index in [-0.39, 0.29) is 18.0 Å². The van der Waals surface area contributed by atoms with Crippen molar-refractivity contribution in [1.29, 1.82) is 0 Å². The second-order valence-corrected chi connectivity index (χ2v) is 14.7. The highest BCUT2D eigenvalue weighted by Gasteiger charge is 2.18. The van der Waals surface area contributed by atoms with Crippen molar-refractivity contribution < 1.29 is 24.2 Å². The van der Waals surface area contributed by atoms with E-state index in [2.05, 4.69) is 55.6 Å². The van der Waals surface area contributed by atoms with Crippen LogP contribution >= 0.6 is 0 Å². The van der Waals surface area contributed by atoms with Crippen LogP contribution in [0.25, 0.3) is 0 Å². The zero-order chi connectivity index (χ0) is 38.2. The molecule has 0 bridgehead atoms. The molecule has 0 aromatic rings. The molecular formula is C45H82N2O5. The number of carbonyl (C=O) groups is 3. The van der Waals surface area contributed by atoms with Crippen molar-refractivity contribution in [2.45, 2.75) is 225 Å². The Labute approximate surface area is 320 Å². The molecule has 2 atom stereocenters. The number of hydrogen-bond acceptors (Lipinski definition) is 5. The lowest BCUT2D eigenvalue weighted by Gasteiger charge is -2.15. The molecule has 0 saturated heterocycles. The number of carboxylic acids is 1. The molecular weight excluding hydrogens is 649 g/mol. The predicted octanol–water partition coefficient (Wildman–Crippen LogP) is 12.2. The van der Waals surface area contributed by atoms with Crippen LogP contribution in [0.3, 0.4) is 0 Å². The standard InChI is InChI=1S/C45H82N2O5/c1-3-5-7-9-11-13-14-15-16-17-18-19-20-21-23-29-33-39-44(49)52-41(35-30-26-22-12-10-8-6-4-2)36-31-27-24-25-28-32-38-43(48)47-42(45(50)51)37-34-40-46/h11,13,15-16,30,35,41-42H,3-10,12,14,17-29,31-34,36-40,46H2,1-2H3,(H,47,48)(H,50,51)/b13-11-,16-15-,35-30-. The summed E-state index contributed by atoms with van der Waals surface area (Å²) in [6.45, 7) is 4.91. The van der Waals surface area contributed by atoms with Gasteiger partial charge in [-0.05, 0) is 96.1 Å². The van der Waals surface area contributed by atoms with Crippen LogP contribution in [0.2, 0.25) is 0 Å². The molecule has 0 aromatic carbocycles. The number of nitrogens with two attached hydrogens (primary N) is 1. The predicted molar refractivity (Wildman–Crippen MR) is 220 cm³/mol. The molecule has 7 heteroatoms. The zero-order valence-corrected chi connectivity index (χ0v) is 33.9. The van der Waals surface area contributed by atoms with Crippen molar-refractivity contribution >= 4 is 17.8 Å². The molecule has 1 amide bonds. The molecule has 7 nitrogen and oxygen atoms in total. The summed E-state index contributed by atoms with van der Waals surface area (Å²) in [7, 11) is 0. The molecule has 0 spiro atoms. The Bertz CT molecular complexity index is 915. The number of nitrogens with one attached hydrogen (secondary N) is 1. The topological polar surface area (TPSA) is 119 Å². The van der Waals surface area contributed by atoms with E-state index in [9.17, 15) is 19.5 Å². The maximum Gasteiger partial charge on any atom is 0.326 e. The van der Waals surface area contributed by atoms with Crippen LogP contribution in [0.15, 0.2) is 36.5 Å². The van der Waals surface area contributed by atoms with Crippen molar-refractivity contribution in [3.8, 4) is 0 Å². The Morgan fingerprint density at radius 3 is 1.63 bits per heavy atom. The van der Waals surface area contributed by atoms with Gasteiger partial charge in [0.25, 0.3) is 0 Å². The third kappa shape index (κ3) is 36.0. The van der Waals surface area contributed by atoms with Gasteiger partial charge in [-0.25, -0.2) is 4.79 Å². The molecule has 2 unspecified atom stereocenters. The first-order valence-electron chi connectivity index (χ1n) is 21.8.